The second-order valence-corrected chi connectivity index (χ2v) is 6.97. The van der Waals surface area contributed by atoms with E-state index < -0.39 is 0 Å². The van der Waals surface area contributed by atoms with E-state index in [1.807, 2.05) is 78.9 Å². The van der Waals surface area contributed by atoms with Gasteiger partial charge in [0.1, 0.15) is 5.75 Å². The summed E-state index contributed by atoms with van der Waals surface area (Å²) in [4.78, 5) is 0. The van der Waals surface area contributed by atoms with Crippen LogP contribution in [0.4, 0.5) is 11.4 Å². The van der Waals surface area contributed by atoms with E-state index in [-0.39, 0.29) is 0 Å². The fourth-order valence-corrected chi connectivity index (χ4v) is 2.62. The van der Waals surface area contributed by atoms with Crippen molar-refractivity contribution < 1.29 is 5.11 Å². The monoisotopic (exact) mass is 360 g/mol. The summed E-state index contributed by atoms with van der Waals surface area (Å²) in [5, 5.41) is 18.1. The molecule has 27 heavy (non-hydrogen) atoms. The summed E-state index contributed by atoms with van der Waals surface area (Å²) in [5.74, 6) is 1.25. The van der Waals surface area contributed by atoms with Crippen molar-refractivity contribution in [3.63, 3.8) is 0 Å². The molecule has 0 aromatic heterocycles. The minimum absolute atomic E-state index is 0.388. The lowest BCUT2D eigenvalue weighted by Gasteiger charge is -2.14. The van der Waals surface area contributed by atoms with Crippen LogP contribution < -0.4 is 0 Å². The van der Waals surface area contributed by atoms with Crippen LogP contribution in [0.3, 0.4) is 0 Å². The first kappa shape index (κ1) is 20.4. The number of hydrogen-bond acceptors (Lipinski definition) is 3. The largest absolute Gasteiger partial charge is 0.507 e. The van der Waals surface area contributed by atoms with Gasteiger partial charge in [0.2, 0.25) is 0 Å². The van der Waals surface area contributed by atoms with Crippen LogP contribution in [0.25, 0.3) is 0 Å². The molecule has 0 heterocycles. The van der Waals surface area contributed by atoms with Crippen LogP contribution in [0.2, 0.25) is 0 Å². The fraction of sp³-hybridized carbons (Fsp3) is 0.250. The average Bonchev–Trinajstić information content (AvgIpc) is 2.68. The molecule has 0 unspecified atom stereocenters. The maximum Gasteiger partial charge on any atom is 0.122 e. The Morgan fingerprint density at radius 3 is 1.26 bits per heavy atom. The van der Waals surface area contributed by atoms with E-state index >= 15 is 0 Å². The second-order valence-electron chi connectivity index (χ2n) is 6.97. The van der Waals surface area contributed by atoms with Gasteiger partial charge in [0.25, 0.3) is 0 Å². The van der Waals surface area contributed by atoms with Crippen LogP contribution in [-0.2, 0) is 0 Å². The van der Waals surface area contributed by atoms with Gasteiger partial charge in [-0.15, -0.1) is 0 Å². The van der Waals surface area contributed by atoms with Gasteiger partial charge in [0.15, 0.2) is 0 Å². The van der Waals surface area contributed by atoms with Crippen LogP contribution in [0.15, 0.2) is 89.1 Å². The van der Waals surface area contributed by atoms with E-state index in [9.17, 15) is 5.11 Å². The van der Waals surface area contributed by atoms with E-state index in [0.29, 0.717) is 17.6 Å². The quantitative estimate of drug-likeness (QED) is 0.475. The molecule has 0 saturated heterocycles. The standard InChI is InChI=1S/C12H10N2.C12H18O/c1-3-7-11(8-4-1)13-14-12-9-5-2-6-10-12;1-8(2)10-6-5-7-11(9(3)4)12(10)13/h1-10H;5-9,13H,1-4H3. The summed E-state index contributed by atoms with van der Waals surface area (Å²) < 4.78 is 0. The van der Waals surface area contributed by atoms with Gasteiger partial charge in [-0.05, 0) is 47.2 Å². The van der Waals surface area contributed by atoms with Crippen molar-refractivity contribution in [1.82, 2.24) is 0 Å². The van der Waals surface area contributed by atoms with Crippen molar-refractivity contribution in [1.29, 1.82) is 0 Å². The summed E-state index contributed by atoms with van der Waals surface area (Å²) in [6.45, 7) is 8.39. The van der Waals surface area contributed by atoms with Gasteiger partial charge in [-0.25, -0.2) is 0 Å². The van der Waals surface area contributed by atoms with Crippen molar-refractivity contribution in [2.24, 2.45) is 10.2 Å². The summed E-state index contributed by atoms with van der Waals surface area (Å²) in [5.41, 5.74) is 3.84. The highest BCUT2D eigenvalue weighted by atomic mass is 16.3. The van der Waals surface area contributed by atoms with Crippen molar-refractivity contribution in [3.05, 3.63) is 90.0 Å². The molecule has 0 aliphatic rings. The van der Waals surface area contributed by atoms with Gasteiger partial charge < -0.3 is 5.11 Å². The van der Waals surface area contributed by atoms with Crippen LogP contribution in [0.5, 0.6) is 5.75 Å². The topological polar surface area (TPSA) is 45.0 Å². The van der Waals surface area contributed by atoms with E-state index in [4.69, 9.17) is 0 Å². The first-order chi connectivity index (χ1) is 13.0. The molecule has 3 rings (SSSR count). The highest BCUT2D eigenvalue weighted by Crippen LogP contribution is 2.32. The molecular formula is C24H28N2O. The number of hydrogen-bond donors (Lipinski definition) is 1. The molecule has 0 atom stereocenters. The molecule has 3 aromatic carbocycles. The Labute approximate surface area is 162 Å². The second kappa shape index (κ2) is 10.3. The van der Waals surface area contributed by atoms with Gasteiger partial charge in [0, 0.05) is 0 Å². The number of aromatic hydroxyl groups is 1. The third-order valence-corrected chi connectivity index (χ3v) is 4.14. The predicted octanol–water partition coefficient (Wildman–Crippen LogP) is 7.74. The molecule has 3 aromatic rings. The van der Waals surface area contributed by atoms with E-state index in [0.717, 1.165) is 22.5 Å². The number of azo groups is 1. The highest BCUT2D eigenvalue weighted by molar-refractivity contribution is 5.43. The zero-order valence-corrected chi connectivity index (χ0v) is 16.5. The maximum atomic E-state index is 9.93. The zero-order chi connectivity index (χ0) is 19.6. The third-order valence-electron chi connectivity index (χ3n) is 4.14. The van der Waals surface area contributed by atoms with Gasteiger partial charge in [0.05, 0.1) is 11.4 Å². The number of phenolic OH excluding ortho intramolecular Hbond substituents is 1. The fourth-order valence-electron chi connectivity index (χ4n) is 2.62. The Bertz CT molecular complexity index is 773. The Morgan fingerprint density at radius 2 is 0.926 bits per heavy atom. The average molecular weight is 361 g/mol. The van der Waals surface area contributed by atoms with Crippen LogP contribution >= 0.6 is 0 Å². The van der Waals surface area contributed by atoms with Gasteiger partial charge >= 0.3 is 0 Å². The molecule has 3 heteroatoms. The Kier molecular flexibility index (Phi) is 7.75. The third kappa shape index (κ3) is 6.37. The Morgan fingerprint density at radius 1 is 0.556 bits per heavy atom. The molecule has 0 spiro atoms. The smallest absolute Gasteiger partial charge is 0.122 e. The Balaban J connectivity index is 0.000000194. The molecule has 0 aliphatic heterocycles. The molecule has 140 valence electrons. The molecule has 0 amide bonds. The summed E-state index contributed by atoms with van der Waals surface area (Å²) >= 11 is 0. The molecule has 1 N–H and O–H groups in total. The van der Waals surface area contributed by atoms with Gasteiger partial charge in [-0.3, -0.25) is 0 Å². The van der Waals surface area contributed by atoms with Crippen LogP contribution in [0, 0.1) is 0 Å². The highest BCUT2D eigenvalue weighted by Gasteiger charge is 2.11. The van der Waals surface area contributed by atoms with Crippen molar-refractivity contribution in [3.8, 4) is 5.75 Å². The molecule has 0 bridgehead atoms. The lowest BCUT2D eigenvalue weighted by molar-refractivity contribution is 0.454. The molecular weight excluding hydrogens is 332 g/mol. The summed E-state index contributed by atoms with van der Waals surface area (Å²) in [6.07, 6.45) is 0. The van der Waals surface area contributed by atoms with Gasteiger partial charge in [-0.2, -0.15) is 10.2 Å². The molecule has 0 radical (unpaired) electrons. The number of nitrogens with zero attached hydrogens (tertiary/aromatic N) is 2. The zero-order valence-electron chi connectivity index (χ0n) is 16.5. The molecule has 3 nitrogen and oxygen atoms in total. The van der Waals surface area contributed by atoms with E-state index in [1.54, 1.807) is 0 Å². The lowest BCUT2D eigenvalue weighted by Crippen LogP contribution is -1.94. The summed E-state index contributed by atoms with van der Waals surface area (Å²) in [7, 11) is 0. The van der Waals surface area contributed by atoms with Crippen LogP contribution in [-0.4, -0.2) is 5.11 Å². The SMILES string of the molecule is CC(C)c1cccc(C(C)C)c1O.c1ccc(N=Nc2ccccc2)cc1. The lowest BCUT2D eigenvalue weighted by atomic mass is 9.94. The number of benzene rings is 3. The Hall–Kier alpha value is -2.94. The van der Waals surface area contributed by atoms with E-state index in [1.165, 1.54) is 0 Å². The first-order valence-corrected chi connectivity index (χ1v) is 9.32. The van der Waals surface area contributed by atoms with Gasteiger partial charge in [-0.1, -0.05) is 82.3 Å². The number of rotatable bonds is 4. The van der Waals surface area contributed by atoms with Crippen molar-refractivity contribution >= 4 is 11.4 Å². The number of para-hydroxylation sites is 1. The maximum absolute atomic E-state index is 9.93. The minimum atomic E-state index is 0.388. The number of phenols is 1. The first-order valence-electron chi connectivity index (χ1n) is 9.32. The van der Waals surface area contributed by atoms with Crippen LogP contribution in [0.1, 0.15) is 50.7 Å². The molecule has 0 saturated carbocycles. The summed E-state index contributed by atoms with van der Waals surface area (Å²) in [6, 6.07) is 25.4. The van der Waals surface area contributed by atoms with Crippen molar-refractivity contribution in [2.45, 2.75) is 39.5 Å². The molecule has 0 fully saturated rings. The van der Waals surface area contributed by atoms with E-state index in [2.05, 4.69) is 37.9 Å². The molecule has 0 aliphatic carbocycles. The van der Waals surface area contributed by atoms with Crippen molar-refractivity contribution in [2.75, 3.05) is 0 Å². The minimum Gasteiger partial charge on any atom is -0.507 e. The normalized spacial score (nSPS) is 10.9. The predicted molar refractivity (Wildman–Crippen MR) is 113 cm³/mol.